The summed E-state index contributed by atoms with van der Waals surface area (Å²) in [4.78, 5) is 0. The molecule has 0 bridgehead atoms. The second-order valence-corrected chi connectivity index (χ2v) is 3.09. The highest BCUT2D eigenvalue weighted by atomic mass is 16.3. The molecule has 0 aliphatic heterocycles. The van der Waals surface area contributed by atoms with E-state index in [0.29, 0.717) is 11.8 Å². The van der Waals surface area contributed by atoms with Crippen molar-refractivity contribution in [2.24, 2.45) is 11.8 Å². The number of hydrogen-bond acceptors (Lipinski definition) is 0. The van der Waals surface area contributed by atoms with Crippen molar-refractivity contribution in [2.75, 3.05) is 0 Å². The minimum absolute atomic E-state index is 0.259. The van der Waals surface area contributed by atoms with E-state index in [2.05, 4.69) is 13.8 Å². The molecule has 1 fully saturated rings. The highest BCUT2D eigenvalue weighted by Gasteiger charge is 2.27. The Balaban J connectivity index is 2.39. The Morgan fingerprint density at radius 1 is 1.25 bits per heavy atom. The van der Waals surface area contributed by atoms with Gasteiger partial charge in [0.05, 0.1) is 6.10 Å². The van der Waals surface area contributed by atoms with E-state index in [1.807, 2.05) is 0 Å². The number of hydrogen-bond donors (Lipinski definition) is 0. The fourth-order valence-corrected chi connectivity index (χ4v) is 1.51. The second-order valence-electron chi connectivity index (χ2n) is 3.09. The van der Waals surface area contributed by atoms with Gasteiger partial charge in [-0.2, -0.15) is 0 Å². The minimum Gasteiger partial charge on any atom is -0.233 e. The Morgan fingerprint density at radius 2 is 1.88 bits per heavy atom. The van der Waals surface area contributed by atoms with E-state index >= 15 is 0 Å². The van der Waals surface area contributed by atoms with Crippen LogP contribution >= 0.6 is 0 Å². The lowest BCUT2D eigenvalue weighted by Gasteiger charge is -2.01. The summed E-state index contributed by atoms with van der Waals surface area (Å²) in [7, 11) is 0. The lowest BCUT2D eigenvalue weighted by Crippen LogP contribution is -2.05. The van der Waals surface area contributed by atoms with Gasteiger partial charge in [0.25, 0.3) is 0 Å². The fraction of sp³-hybridized carbons (Fsp3) is 1.00. The summed E-state index contributed by atoms with van der Waals surface area (Å²) in [5, 5.41) is 10.9. The molecule has 1 aliphatic carbocycles. The van der Waals surface area contributed by atoms with Crippen LogP contribution in [0.2, 0.25) is 0 Å². The van der Waals surface area contributed by atoms with E-state index in [0.717, 1.165) is 12.8 Å². The lowest BCUT2D eigenvalue weighted by atomic mass is 10.1. The quantitative estimate of drug-likeness (QED) is 0.457. The normalized spacial score (nSPS) is 47.6. The molecule has 1 aliphatic rings. The first-order valence-electron chi connectivity index (χ1n) is 3.36. The van der Waals surface area contributed by atoms with Gasteiger partial charge in [0.1, 0.15) is 0 Å². The third-order valence-corrected chi connectivity index (χ3v) is 2.04. The topological polar surface area (TPSA) is 19.9 Å². The van der Waals surface area contributed by atoms with E-state index in [1.54, 1.807) is 0 Å². The summed E-state index contributed by atoms with van der Waals surface area (Å²) >= 11 is 0. The van der Waals surface area contributed by atoms with Crippen molar-refractivity contribution in [3.05, 3.63) is 0 Å². The standard InChI is InChI=1S/C7H13O/c1-5-3-6(2)7(8)4-5/h5-7H,3-4H2,1-2H3. The largest absolute Gasteiger partial charge is 0.233 e. The van der Waals surface area contributed by atoms with Crippen LogP contribution in [0.4, 0.5) is 0 Å². The molecule has 1 nitrogen and oxygen atoms in total. The molecule has 0 saturated heterocycles. The molecule has 0 N–H and O–H groups in total. The summed E-state index contributed by atoms with van der Waals surface area (Å²) in [5.41, 5.74) is 0. The zero-order chi connectivity index (χ0) is 6.15. The van der Waals surface area contributed by atoms with Gasteiger partial charge >= 0.3 is 0 Å². The summed E-state index contributed by atoms with van der Waals surface area (Å²) in [5.74, 6) is 1.12. The number of rotatable bonds is 0. The Morgan fingerprint density at radius 3 is 2.00 bits per heavy atom. The Bertz CT molecular complexity index is 70.5. The van der Waals surface area contributed by atoms with Gasteiger partial charge in [-0.1, -0.05) is 13.8 Å². The van der Waals surface area contributed by atoms with Crippen molar-refractivity contribution in [1.29, 1.82) is 0 Å². The van der Waals surface area contributed by atoms with Crippen LogP contribution in [0.3, 0.4) is 0 Å². The first-order valence-corrected chi connectivity index (χ1v) is 3.36. The molecule has 0 aromatic heterocycles. The van der Waals surface area contributed by atoms with Crippen molar-refractivity contribution >= 4 is 0 Å². The van der Waals surface area contributed by atoms with Crippen molar-refractivity contribution in [3.63, 3.8) is 0 Å². The van der Waals surface area contributed by atoms with E-state index in [4.69, 9.17) is 0 Å². The second kappa shape index (κ2) is 2.06. The highest BCUT2D eigenvalue weighted by Crippen LogP contribution is 2.30. The fourth-order valence-electron chi connectivity index (χ4n) is 1.51. The maximum absolute atomic E-state index is 10.9. The van der Waals surface area contributed by atoms with E-state index in [-0.39, 0.29) is 6.10 Å². The average Bonchev–Trinajstić information content (AvgIpc) is 1.85. The van der Waals surface area contributed by atoms with E-state index in [1.165, 1.54) is 0 Å². The van der Waals surface area contributed by atoms with Gasteiger partial charge in [-0.25, -0.2) is 5.11 Å². The first kappa shape index (κ1) is 6.09. The molecule has 1 rings (SSSR count). The van der Waals surface area contributed by atoms with Gasteiger partial charge < -0.3 is 0 Å². The monoisotopic (exact) mass is 113 g/mol. The molecule has 0 heterocycles. The summed E-state index contributed by atoms with van der Waals surface area (Å²) in [6, 6.07) is 0. The zero-order valence-electron chi connectivity index (χ0n) is 5.55. The maximum atomic E-state index is 10.9. The molecular formula is C7H13O. The third kappa shape index (κ3) is 1.03. The Labute approximate surface area is 50.7 Å². The molecule has 47 valence electrons. The smallest absolute Gasteiger partial charge is 0.0958 e. The predicted octanol–water partition coefficient (Wildman–Crippen LogP) is 1.85. The molecule has 1 radical (unpaired) electrons. The first-order chi connectivity index (χ1) is 3.70. The lowest BCUT2D eigenvalue weighted by molar-refractivity contribution is 0.0611. The molecular weight excluding hydrogens is 100 g/mol. The molecule has 3 atom stereocenters. The van der Waals surface area contributed by atoms with Gasteiger partial charge in [-0.3, -0.25) is 0 Å². The van der Waals surface area contributed by atoms with Crippen molar-refractivity contribution in [1.82, 2.24) is 0 Å². The summed E-state index contributed by atoms with van der Waals surface area (Å²) < 4.78 is 0. The van der Waals surface area contributed by atoms with Gasteiger partial charge in [0.15, 0.2) is 0 Å². The molecule has 1 saturated carbocycles. The molecule has 0 spiro atoms. The average molecular weight is 113 g/mol. The minimum atomic E-state index is -0.259. The predicted molar refractivity (Wildman–Crippen MR) is 32.0 cm³/mol. The van der Waals surface area contributed by atoms with Gasteiger partial charge in [-0.05, 0) is 24.7 Å². The van der Waals surface area contributed by atoms with E-state index < -0.39 is 0 Å². The van der Waals surface area contributed by atoms with Crippen LogP contribution in [0.5, 0.6) is 0 Å². The highest BCUT2D eigenvalue weighted by molar-refractivity contribution is 4.77. The van der Waals surface area contributed by atoms with Crippen molar-refractivity contribution < 1.29 is 5.11 Å². The zero-order valence-corrected chi connectivity index (χ0v) is 5.55. The van der Waals surface area contributed by atoms with Crippen LogP contribution in [-0.4, -0.2) is 6.10 Å². The molecule has 3 unspecified atom stereocenters. The van der Waals surface area contributed by atoms with Gasteiger partial charge in [0, 0.05) is 0 Å². The van der Waals surface area contributed by atoms with Crippen LogP contribution in [0.1, 0.15) is 26.7 Å². The van der Waals surface area contributed by atoms with Crippen LogP contribution in [0, 0.1) is 11.8 Å². The SMILES string of the molecule is CC1CC(C)C([O])C1. The molecule has 1 heteroatoms. The van der Waals surface area contributed by atoms with Crippen LogP contribution < -0.4 is 0 Å². The Hall–Kier alpha value is -0.0400. The van der Waals surface area contributed by atoms with Crippen molar-refractivity contribution in [3.8, 4) is 0 Å². The van der Waals surface area contributed by atoms with Crippen LogP contribution in [0.25, 0.3) is 0 Å². The maximum Gasteiger partial charge on any atom is 0.0958 e. The van der Waals surface area contributed by atoms with Crippen LogP contribution in [-0.2, 0) is 5.11 Å². The van der Waals surface area contributed by atoms with E-state index in [9.17, 15) is 5.11 Å². The van der Waals surface area contributed by atoms with Crippen LogP contribution in [0.15, 0.2) is 0 Å². The summed E-state index contributed by atoms with van der Waals surface area (Å²) in [6.07, 6.45) is 1.79. The van der Waals surface area contributed by atoms with Gasteiger partial charge in [0.2, 0.25) is 0 Å². The molecule has 8 heavy (non-hydrogen) atoms. The molecule has 0 amide bonds. The molecule has 0 aromatic carbocycles. The van der Waals surface area contributed by atoms with Gasteiger partial charge in [-0.15, -0.1) is 0 Å². The molecule has 0 aromatic rings. The Kier molecular flexibility index (Phi) is 1.57. The van der Waals surface area contributed by atoms with Crippen molar-refractivity contribution in [2.45, 2.75) is 32.8 Å². The third-order valence-electron chi connectivity index (χ3n) is 2.04. The summed E-state index contributed by atoms with van der Waals surface area (Å²) in [6.45, 7) is 4.22.